The Bertz CT molecular complexity index is 616. The van der Waals surface area contributed by atoms with Gasteiger partial charge in [-0.3, -0.25) is 9.59 Å². The molecule has 3 rings (SSSR count). The van der Waals surface area contributed by atoms with Crippen LogP contribution in [0.5, 0.6) is 11.5 Å². The number of hydrogen-bond donors (Lipinski definition) is 3. The average Bonchev–Trinajstić information content (AvgIpc) is 3.09. The van der Waals surface area contributed by atoms with Crippen molar-refractivity contribution in [2.24, 2.45) is 0 Å². The van der Waals surface area contributed by atoms with Gasteiger partial charge in [0.2, 0.25) is 6.79 Å². The number of likely N-dealkylation sites (N-methyl/N-ethyl adjacent to an activating group) is 1. The Morgan fingerprint density at radius 1 is 1.17 bits per heavy atom. The van der Waals surface area contributed by atoms with Crippen molar-refractivity contribution in [3.05, 3.63) is 23.8 Å². The average molecular weight is 336 g/mol. The largest absolute Gasteiger partial charge is 0.454 e. The summed E-state index contributed by atoms with van der Waals surface area (Å²) in [7, 11) is 1.43. The van der Waals surface area contributed by atoms with E-state index in [0.717, 1.165) is 24.4 Å². The van der Waals surface area contributed by atoms with Gasteiger partial charge in [-0.15, -0.1) is 0 Å². The second kappa shape index (κ2) is 7.50. The van der Waals surface area contributed by atoms with Crippen LogP contribution in [0.4, 0.5) is 0 Å². The van der Waals surface area contributed by atoms with E-state index in [-0.39, 0.29) is 12.8 Å². The molecule has 1 saturated heterocycles. The van der Waals surface area contributed by atoms with Crippen LogP contribution in [0.1, 0.15) is 11.6 Å². The first-order valence-corrected chi connectivity index (χ1v) is 8.01. The Hall–Kier alpha value is -2.32. The summed E-state index contributed by atoms with van der Waals surface area (Å²) in [6, 6.07) is 5.82. The molecule has 1 aromatic carbocycles. The van der Waals surface area contributed by atoms with E-state index >= 15 is 0 Å². The summed E-state index contributed by atoms with van der Waals surface area (Å²) in [5, 5.41) is 5.04. The van der Waals surface area contributed by atoms with E-state index in [9.17, 15) is 9.59 Å². The summed E-state index contributed by atoms with van der Waals surface area (Å²) in [5.41, 5.74) is 1.04. The summed E-state index contributed by atoms with van der Waals surface area (Å²) in [6.45, 7) is 3.63. The quantitative estimate of drug-likeness (QED) is 0.567. The fraction of sp³-hybridized carbons (Fsp3) is 0.500. The van der Waals surface area contributed by atoms with Crippen molar-refractivity contribution in [3.8, 4) is 11.5 Å². The van der Waals surface area contributed by atoms with Gasteiger partial charge in [0.05, 0.1) is 19.8 Å². The molecule has 2 amide bonds. The predicted molar refractivity (Wildman–Crippen MR) is 83.9 cm³/mol. The summed E-state index contributed by atoms with van der Waals surface area (Å²) in [6.07, 6.45) is 0. The van der Waals surface area contributed by atoms with E-state index in [4.69, 9.17) is 14.2 Å². The molecule has 3 N–H and O–H groups in total. The third-order valence-electron chi connectivity index (χ3n) is 4.33. The van der Waals surface area contributed by atoms with Crippen molar-refractivity contribution in [2.75, 3.05) is 46.7 Å². The molecule has 0 bridgehead atoms. The summed E-state index contributed by atoms with van der Waals surface area (Å²) < 4.78 is 16.2. The Labute approximate surface area is 140 Å². The zero-order chi connectivity index (χ0) is 16.9. The number of morpholine rings is 1. The molecule has 2 heterocycles. The molecule has 2 aliphatic rings. The molecule has 130 valence electrons. The molecule has 1 atom stereocenters. The molecule has 8 heteroatoms. The number of fused-ring (bicyclic) bond motifs is 1. The Morgan fingerprint density at radius 2 is 1.92 bits per heavy atom. The highest BCUT2D eigenvalue weighted by Crippen LogP contribution is 2.33. The lowest BCUT2D eigenvalue weighted by atomic mass is 10.0. The fourth-order valence-electron chi connectivity index (χ4n) is 3.00. The van der Waals surface area contributed by atoms with Crippen molar-refractivity contribution in [1.82, 2.24) is 10.6 Å². The van der Waals surface area contributed by atoms with Crippen molar-refractivity contribution < 1.29 is 28.7 Å². The minimum Gasteiger partial charge on any atom is -0.454 e. The van der Waals surface area contributed by atoms with Crippen molar-refractivity contribution in [3.63, 3.8) is 0 Å². The van der Waals surface area contributed by atoms with Crippen LogP contribution in [0.3, 0.4) is 0 Å². The number of quaternary nitrogens is 1. The van der Waals surface area contributed by atoms with Gasteiger partial charge in [0.15, 0.2) is 11.5 Å². The molecular formula is C16H22N3O5+. The first-order valence-electron chi connectivity index (χ1n) is 8.01. The van der Waals surface area contributed by atoms with Crippen molar-refractivity contribution >= 4 is 11.8 Å². The standard InChI is InChI=1S/C16H21N3O5/c1-17-15(20)16(21)18-9-12(19-4-6-22-7-5-19)11-2-3-13-14(8-11)24-10-23-13/h2-3,8,12H,4-7,9-10H2,1H3,(H,17,20)(H,18,21)/p+1/t12-/m0/s1. The summed E-state index contributed by atoms with van der Waals surface area (Å²) >= 11 is 0. The maximum Gasteiger partial charge on any atom is 0.309 e. The number of benzene rings is 1. The van der Waals surface area contributed by atoms with Crippen molar-refractivity contribution in [1.29, 1.82) is 0 Å². The minimum atomic E-state index is -0.642. The maximum atomic E-state index is 11.8. The minimum absolute atomic E-state index is 0.0111. The zero-order valence-electron chi connectivity index (χ0n) is 13.6. The molecule has 1 aromatic rings. The Kier molecular flexibility index (Phi) is 5.17. The molecule has 0 spiro atoms. The molecule has 1 fully saturated rings. The first kappa shape index (κ1) is 16.5. The number of hydrogen-bond acceptors (Lipinski definition) is 5. The number of carbonyl (C=O) groups is 2. The van der Waals surface area contributed by atoms with Crippen LogP contribution < -0.4 is 25.0 Å². The number of amides is 2. The highest BCUT2D eigenvalue weighted by atomic mass is 16.7. The normalized spacial score (nSPS) is 18.0. The molecule has 0 aliphatic carbocycles. The molecule has 0 radical (unpaired) electrons. The third kappa shape index (κ3) is 3.60. The van der Waals surface area contributed by atoms with Crippen LogP contribution in [-0.4, -0.2) is 58.5 Å². The predicted octanol–water partition coefficient (Wildman–Crippen LogP) is -1.77. The molecule has 0 aromatic heterocycles. The third-order valence-corrected chi connectivity index (χ3v) is 4.33. The maximum absolute atomic E-state index is 11.8. The van der Waals surface area contributed by atoms with E-state index in [2.05, 4.69) is 10.6 Å². The molecule has 2 aliphatic heterocycles. The van der Waals surface area contributed by atoms with Gasteiger partial charge in [-0.05, 0) is 18.2 Å². The van der Waals surface area contributed by atoms with Crippen LogP contribution in [-0.2, 0) is 14.3 Å². The van der Waals surface area contributed by atoms with Gasteiger partial charge in [0, 0.05) is 12.6 Å². The number of ether oxygens (including phenoxy) is 3. The van der Waals surface area contributed by atoms with Crippen LogP contribution in [0, 0.1) is 0 Å². The number of carbonyl (C=O) groups excluding carboxylic acids is 2. The number of rotatable bonds is 4. The number of nitrogens with one attached hydrogen (secondary N) is 3. The van der Waals surface area contributed by atoms with Crippen LogP contribution in [0.15, 0.2) is 18.2 Å². The van der Waals surface area contributed by atoms with Gasteiger partial charge in [-0.1, -0.05) is 0 Å². The molecule has 8 nitrogen and oxygen atoms in total. The van der Waals surface area contributed by atoms with Crippen LogP contribution in [0.25, 0.3) is 0 Å². The van der Waals surface area contributed by atoms with Gasteiger partial charge in [-0.2, -0.15) is 0 Å². The molecule has 0 saturated carbocycles. The topological polar surface area (TPSA) is 90.3 Å². The first-order chi connectivity index (χ1) is 11.7. The summed E-state index contributed by atoms with van der Waals surface area (Å²) in [5.74, 6) is 0.166. The van der Waals surface area contributed by atoms with Crippen LogP contribution in [0.2, 0.25) is 0 Å². The highest BCUT2D eigenvalue weighted by molar-refractivity contribution is 6.35. The van der Waals surface area contributed by atoms with Gasteiger partial charge >= 0.3 is 11.8 Å². The molecule has 24 heavy (non-hydrogen) atoms. The van der Waals surface area contributed by atoms with Crippen molar-refractivity contribution in [2.45, 2.75) is 6.04 Å². The van der Waals surface area contributed by atoms with Gasteiger partial charge in [0.25, 0.3) is 0 Å². The van der Waals surface area contributed by atoms with E-state index in [0.29, 0.717) is 25.5 Å². The van der Waals surface area contributed by atoms with Gasteiger partial charge in [-0.25, -0.2) is 0 Å². The smallest absolute Gasteiger partial charge is 0.309 e. The van der Waals surface area contributed by atoms with E-state index in [1.165, 1.54) is 11.9 Å². The lowest BCUT2D eigenvalue weighted by Gasteiger charge is -2.32. The fourth-order valence-corrected chi connectivity index (χ4v) is 3.00. The lowest BCUT2D eigenvalue weighted by Crippen LogP contribution is -3.15. The second-order valence-electron chi connectivity index (χ2n) is 5.73. The molecule has 0 unspecified atom stereocenters. The van der Waals surface area contributed by atoms with Gasteiger partial charge < -0.3 is 29.7 Å². The SMILES string of the molecule is CNC(=O)C(=O)NC[C@@H](c1ccc2c(c1)OCO2)[NH+]1CCOCC1. The van der Waals surface area contributed by atoms with Gasteiger partial charge in [0.1, 0.15) is 19.1 Å². The Morgan fingerprint density at radius 3 is 2.67 bits per heavy atom. The monoisotopic (exact) mass is 336 g/mol. The van der Waals surface area contributed by atoms with E-state index in [1.54, 1.807) is 0 Å². The molecular weight excluding hydrogens is 314 g/mol. The van der Waals surface area contributed by atoms with Crippen LogP contribution >= 0.6 is 0 Å². The second-order valence-corrected chi connectivity index (χ2v) is 5.73. The van der Waals surface area contributed by atoms with E-state index in [1.807, 2.05) is 18.2 Å². The lowest BCUT2D eigenvalue weighted by molar-refractivity contribution is -0.937. The summed E-state index contributed by atoms with van der Waals surface area (Å²) in [4.78, 5) is 24.5. The van der Waals surface area contributed by atoms with E-state index < -0.39 is 11.8 Å². The zero-order valence-corrected chi connectivity index (χ0v) is 13.6. The highest BCUT2D eigenvalue weighted by Gasteiger charge is 2.29. The Balaban J connectivity index is 1.76.